The second kappa shape index (κ2) is 5.18. The molecule has 0 saturated carbocycles. The quantitative estimate of drug-likeness (QED) is 0.679. The van der Waals surface area contributed by atoms with Gasteiger partial charge >= 0.3 is 0 Å². The first-order chi connectivity index (χ1) is 9.84. The molecule has 0 bridgehead atoms. The van der Waals surface area contributed by atoms with Crippen LogP contribution in [0.4, 0.5) is 0 Å². The van der Waals surface area contributed by atoms with E-state index < -0.39 is 5.66 Å². The lowest BCUT2D eigenvalue weighted by Gasteiger charge is -2.34. The van der Waals surface area contributed by atoms with Crippen LogP contribution in [0.3, 0.4) is 0 Å². The Morgan fingerprint density at radius 2 is 1.95 bits per heavy atom. The van der Waals surface area contributed by atoms with Gasteiger partial charge in [0.15, 0.2) is 5.96 Å². The Kier molecular flexibility index (Phi) is 3.61. The van der Waals surface area contributed by atoms with Gasteiger partial charge in [0, 0.05) is 26.2 Å². The summed E-state index contributed by atoms with van der Waals surface area (Å²) in [6, 6.07) is 0. The molecule has 3 rings (SSSR count). The normalized spacial score (nSPS) is 36.5. The topological polar surface area (TPSA) is 82.9 Å². The van der Waals surface area contributed by atoms with Crippen LogP contribution in [0.1, 0.15) is 20.3 Å². The summed E-state index contributed by atoms with van der Waals surface area (Å²) in [5, 5.41) is 3.21. The Labute approximate surface area is 127 Å². The van der Waals surface area contributed by atoms with Gasteiger partial charge in [0.25, 0.3) is 0 Å². The summed E-state index contributed by atoms with van der Waals surface area (Å²) in [6.07, 6.45) is 2.87. The summed E-state index contributed by atoms with van der Waals surface area (Å²) in [5.74, 6) is 3.48. The Hall–Kier alpha value is -1.27. The van der Waals surface area contributed by atoms with Gasteiger partial charge in [0.1, 0.15) is 11.5 Å². The molecule has 2 fully saturated rings. The molecule has 3 unspecified atom stereocenters. The van der Waals surface area contributed by atoms with Crippen molar-refractivity contribution in [3.63, 3.8) is 0 Å². The summed E-state index contributed by atoms with van der Waals surface area (Å²) in [6.45, 7) is 8.87. The van der Waals surface area contributed by atoms with E-state index in [-0.39, 0.29) is 0 Å². The van der Waals surface area contributed by atoms with Gasteiger partial charge in [-0.2, -0.15) is 0 Å². The zero-order chi connectivity index (χ0) is 15.2. The van der Waals surface area contributed by atoms with Crippen LogP contribution in [-0.2, 0) is 0 Å². The zero-order valence-corrected chi connectivity index (χ0v) is 13.3. The van der Waals surface area contributed by atoms with Gasteiger partial charge in [-0.05, 0) is 37.3 Å². The van der Waals surface area contributed by atoms with Crippen molar-refractivity contribution in [2.24, 2.45) is 34.2 Å². The molecular weight excluding hydrogens is 264 g/mol. The standard InChI is InChI=1S/C15H28N6/c1-10(2)4-15(17)5-13(18-14(16)19-15)21-8-11-6-20(3)7-12(11)9-21/h5,10-12H,4,6-9,17H2,1-3H3,(H3,16,18,19). The highest BCUT2D eigenvalue weighted by Crippen LogP contribution is 2.33. The second-order valence-electron chi connectivity index (χ2n) is 7.39. The first kappa shape index (κ1) is 14.7. The van der Waals surface area contributed by atoms with Crippen LogP contribution in [0.15, 0.2) is 16.9 Å². The van der Waals surface area contributed by atoms with Gasteiger partial charge in [-0.15, -0.1) is 0 Å². The first-order valence-electron chi connectivity index (χ1n) is 7.92. The third-order valence-corrected chi connectivity index (χ3v) is 4.72. The number of fused-ring (bicyclic) bond motifs is 1. The van der Waals surface area contributed by atoms with Crippen LogP contribution in [0, 0.1) is 17.8 Å². The Morgan fingerprint density at radius 3 is 2.52 bits per heavy atom. The van der Waals surface area contributed by atoms with Crippen LogP contribution in [-0.4, -0.2) is 54.6 Å². The van der Waals surface area contributed by atoms with E-state index >= 15 is 0 Å². The third kappa shape index (κ3) is 3.01. The first-order valence-corrected chi connectivity index (χ1v) is 7.92. The van der Waals surface area contributed by atoms with E-state index in [0.717, 1.165) is 37.2 Å². The van der Waals surface area contributed by atoms with Crippen molar-refractivity contribution in [2.75, 3.05) is 33.2 Å². The molecule has 3 heterocycles. The molecule has 0 aliphatic carbocycles. The lowest BCUT2D eigenvalue weighted by Crippen LogP contribution is -2.50. The molecule has 0 spiro atoms. The number of guanidine groups is 1. The lowest BCUT2D eigenvalue weighted by molar-refractivity contribution is 0.306. The minimum Gasteiger partial charge on any atom is -0.370 e. The van der Waals surface area contributed by atoms with Gasteiger partial charge < -0.3 is 26.6 Å². The number of nitrogens with two attached hydrogens (primary N) is 2. The fraction of sp³-hybridized carbons (Fsp3) is 0.800. The number of hydrogen-bond donors (Lipinski definition) is 3. The highest BCUT2D eigenvalue weighted by molar-refractivity contribution is 5.81. The molecular formula is C15H28N6. The monoisotopic (exact) mass is 292 g/mol. The molecule has 0 amide bonds. The largest absolute Gasteiger partial charge is 0.370 e. The molecule has 118 valence electrons. The van der Waals surface area contributed by atoms with Crippen molar-refractivity contribution >= 4 is 5.96 Å². The summed E-state index contributed by atoms with van der Waals surface area (Å²) >= 11 is 0. The van der Waals surface area contributed by atoms with Crippen molar-refractivity contribution in [3.05, 3.63) is 11.9 Å². The smallest absolute Gasteiger partial charge is 0.196 e. The maximum Gasteiger partial charge on any atom is 0.196 e. The van der Waals surface area contributed by atoms with Gasteiger partial charge in [-0.3, -0.25) is 0 Å². The van der Waals surface area contributed by atoms with Gasteiger partial charge in [-0.25, -0.2) is 4.99 Å². The minimum absolute atomic E-state index is 0.435. The molecule has 0 aromatic rings. The Bertz CT molecular complexity index is 457. The Morgan fingerprint density at radius 1 is 1.33 bits per heavy atom. The second-order valence-corrected chi connectivity index (χ2v) is 7.39. The molecule has 3 atom stereocenters. The van der Waals surface area contributed by atoms with Gasteiger partial charge in [0.2, 0.25) is 0 Å². The van der Waals surface area contributed by atoms with Crippen LogP contribution < -0.4 is 16.8 Å². The average Bonchev–Trinajstić information content (AvgIpc) is 2.82. The van der Waals surface area contributed by atoms with Crippen LogP contribution in [0.5, 0.6) is 0 Å². The van der Waals surface area contributed by atoms with Crippen molar-refractivity contribution in [1.82, 2.24) is 15.1 Å². The number of rotatable bonds is 3. The van der Waals surface area contributed by atoms with E-state index in [2.05, 4.69) is 47.1 Å². The molecule has 3 aliphatic rings. The average molecular weight is 292 g/mol. The number of nitrogens with zero attached hydrogens (tertiary/aromatic N) is 3. The zero-order valence-electron chi connectivity index (χ0n) is 13.3. The van der Waals surface area contributed by atoms with E-state index in [0.29, 0.717) is 11.9 Å². The SMILES string of the molecule is CC(C)CC1(N)C=C(N2CC3CN(C)CC3C2)NC(N)=N1. The van der Waals surface area contributed by atoms with Gasteiger partial charge in [-0.1, -0.05) is 13.8 Å². The third-order valence-electron chi connectivity index (χ3n) is 4.72. The molecule has 2 saturated heterocycles. The van der Waals surface area contributed by atoms with Crippen molar-refractivity contribution in [1.29, 1.82) is 0 Å². The predicted octanol–water partition coefficient (Wildman–Crippen LogP) is -0.0598. The summed E-state index contributed by atoms with van der Waals surface area (Å²) < 4.78 is 0. The Balaban J connectivity index is 1.74. The maximum absolute atomic E-state index is 6.43. The molecule has 0 radical (unpaired) electrons. The predicted molar refractivity (Wildman–Crippen MR) is 85.3 cm³/mol. The minimum atomic E-state index is -0.673. The number of aliphatic imine (C=N–C) groups is 1. The molecule has 5 N–H and O–H groups in total. The molecule has 0 aromatic heterocycles. The molecule has 6 heteroatoms. The van der Waals surface area contributed by atoms with Crippen molar-refractivity contribution in [2.45, 2.75) is 25.9 Å². The lowest BCUT2D eigenvalue weighted by atomic mass is 9.97. The summed E-state index contributed by atoms with van der Waals surface area (Å²) in [4.78, 5) is 9.23. The van der Waals surface area contributed by atoms with E-state index in [4.69, 9.17) is 11.5 Å². The summed E-state index contributed by atoms with van der Waals surface area (Å²) in [5.41, 5.74) is 11.7. The van der Waals surface area contributed by atoms with Crippen molar-refractivity contribution < 1.29 is 0 Å². The number of hydrogen-bond acceptors (Lipinski definition) is 6. The molecule has 3 aliphatic heterocycles. The molecule has 0 aromatic carbocycles. The fourth-order valence-electron chi connectivity index (χ4n) is 4.04. The van der Waals surface area contributed by atoms with Gasteiger partial charge in [0.05, 0.1) is 0 Å². The fourth-order valence-corrected chi connectivity index (χ4v) is 4.04. The van der Waals surface area contributed by atoms with Crippen molar-refractivity contribution in [3.8, 4) is 0 Å². The van der Waals surface area contributed by atoms with E-state index in [1.165, 1.54) is 13.1 Å². The van der Waals surface area contributed by atoms with E-state index in [1.807, 2.05) is 0 Å². The maximum atomic E-state index is 6.43. The summed E-state index contributed by atoms with van der Waals surface area (Å²) in [7, 11) is 2.21. The van der Waals surface area contributed by atoms with E-state index in [1.54, 1.807) is 0 Å². The highest BCUT2D eigenvalue weighted by Gasteiger charge is 2.40. The number of likely N-dealkylation sites (tertiary alicyclic amines) is 2. The van der Waals surface area contributed by atoms with Crippen LogP contribution in [0.25, 0.3) is 0 Å². The molecule has 21 heavy (non-hydrogen) atoms. The van der Waals surface area contributed by atoms with Crippen LogP contribution in [0.2, 0.25) is 0 Å². The molecule has 6 nitrogen and oxygen atoms in total. The highest BCUT2D eigenvalue weighted by atomic mass is 15.3. The van der Waals surface area contributed by atoms with Crippen LogP contribution >= 0.6 is 0 Å². The van der Waals surface area contributed by atoms with E-state index in [9.17, 15) is 0 Å². The number of nitrogens with one attached hydrogen (secondary N) is 1.